The van der Waals surface area contributed by atoms with Gasteiger partial charge in [0.05, 0.1) is 12.7 Å². The molecule has 1 N–H and O–H groups in total. The summed E-state index contributed by atoms with van der Waals surface area (Å²) >= 11 is 0. The highest BCUT2D eigenvalue weighted by atomic mass is 35.5. The maximum Gasteiger partial charge on any atom is 0.159 e. The molecule has 0 radical (unpaired) electrons. The number of ether oxygens (including phenoxy) is 2. The molecule has 158 valence electrons. The van der Waals surface area contributed by atoms with Gasteiger partial charge in [0.15, 0.2) is 17.4 Å². The van der Waals surface area contributed by atoms with Gasteiger partial charge in [0.2, 0.25) is 0 Å². The number of aliphatic hydroxyl groups excluding tert-OH is 1. The molecule has 2 aromatic rings. The molecule has 1 fully saturated rings. The number of carbonyl (C=O) groups is 1. The van der Waals surface area contributed by atoms with Crippen LogP contribution in [0.2, 0.25) is 0 Å². The third kappa shape index (κ3) is 6.47. The number of rotatable bonds is 7. The third-order valence-electron chi connectivity index (χ3n) is 4.64. The van der Waals surface area contributed by atoms with Gasteiger partial charge >= 0.3 is 0 Å². The van der Waals surface area contributed by atoms with Gasteiger partial charge in [-0.2, -0.15) is 0 Å². The second-order valence-electron chi connectivity index (χ2n) is 6.84. The molecule has 1 aliphatic rings. The van der Waals surface area contributed by atoms with Gasteiger partial charge in [-0.25, -0.2) is 8.78 Å². The van der Waals surface area contributed by atoms with Crippen LogP contribution < -0.4 is 4.74 Å². The number of β-amino-alcohol motifs (C(OH)–C–C–N with tert-alkyl or cyclic N) is 1. The van der Waals surface area contributed by atoms with E-state index in [9.17, 15) is 18.7 Å². The van der Waals surface area contributed by atoms with Gasteiger partial charge in [-0.3, -0.25) is 9.69 Å². The monoisotopic (exact) mass is 427 g/mol. The van der Waals surface area contributed by atoms with E-state index in [1.807, 2.05) is 4.90 Å². The topological polar surface area (TPSA) is 59.0 Å². The van der Waals surface area contributed by atoms with E-state index < -0.39 is 17.7 Å². The van der Waals surface area contributed by atoms with Gasteiger partial charge < -0.3 is 14.6 Å². The van der Waals surface area contributed by atoms with Gasteiger partial charge in [0.25, 0.3) is 0 Å². The van der Waals surface area contributed by atoms with Crippen molar-refractivity contribution in [2.75, 3.05) is 32.8 Å². The van der Waals surface area contributed by atoms with Crippen molar-refractivity contribution in [2.24, 2.45) is 0 Å². The number of morpholine rings is 1. The fourth-order valence-electron chi connectivity index (χ4n) is 3.11. The van der Waals surface area contributed by atoms with Crippen LogP contribution in [0.15, 0.2) is 42.5 Å². The van der Waals surface area contributed by atoms with Gasteiger partial charge in [0.1, 0.15) is 18.5 Å². The molecule has 0 aliphatic carbocycles. The van der Waals surface area contributed by atoms with Crippen LogP contribution in [0.3, 0.4) is 0 Å². The van der Waals surface area contributed by atoms with E-state index in [1.165, 1.54) is 13.0 Å². The molecule has 0 amide bonds. The van der Waals surface area contributed by atoms with Crippen molar-refractivity contribution < 1.29 is 28.2 Å². The molecule has 1 saturated heterocycles. The van der Waals surface area contributed by atoms with Gasteiger partial charge in [-0.1, -0.05) is 6.07 Å². The van der Waals surface area contributed by atoms with Crippen molar-refractivity contribution in [3.05, 3.63) is 65.2 Å². The Labute approximate surface area is 174 Å². The molecule has 0 bridgehead atoms. The lowest BCUT2D eigenvalue weighted by molar-refractivity contribution is -0.0460. The Morgan fingerprint density at radius 1 is 1.24 bits per heavy atom. The van der Waals surface area contributed by atoms with Crippen LogP contribution in [0, 0.1) is 11.6 Å². The summed E-state index contributed by atoms with van der Waals surface area (Å²) in [6, 6.07) is 10.5. The standard InChI is InChI=1S/C21H23F2NO4.ClH/c1-14(25)15-2-5-18(6-3-15)28-13-17(26)11-24-8-9-27-21(12-24)16-4-7-19(22)20(23)10-16;/h2-7,10,17,21,26H,8-9,11-13H2,1H3;1H. The SMILES string of the molecule is CC(=O)c1ccc(OCC(O)CN2CCOC(c3ccc(F)c(F)c3)C2)cc1.Cl. The molecule has 2 atom stereocenters. The van der Waals surface area contributed by atoms with Gasteiger partial charge in [0, 0.05) is 25.2 Å². The van der Waals surface area contributed by atoms with Crippen LogP contribution in [-0.4, -0.2) is 54.7 Å². The lowest BCUT2D eigenvalue weighted by atomic mass is 10.1. The van der Waals surface area contributed by atoms with Crippen LogP contribution >= 0.6 is 12.4 Å². The quantitative estimate of drug-likeness (QED) is 0.686. The summed E-state index contributed by atoms with van der Waals surface area (Å²) in [5.41, 5.74) is 1.17. The third-order valence-corrected chi connectivity index (χ3v) is 4.64. The number of benzene rings is 2. The zero-order chi connectivity index (χ0) is 20.1. The number of carbonyl (C=O) groups excluding carboxylic acids is 1. The molecule has 0 aromatic heterocycles. The number of nitrogens with zero attached hydrogens (tertiary/aromatic N) is 1. The highest BCUT2D eigenvalue weighted by molar-refractivity contribution is 5.94. The Kier molecular flexibility index (Phi) is 8.52. The molecular formula is C21H24ClF2NO4. The van der Waals surface area contributed by atoms with Crippen molar-refractivity contribution in [1.82, 2.24) is 4.90 Å². The van der Waals surface area contributed by atoms with E-state index in [2.05, 4.69) is 0 Å². The summed E-state index contributed by atoms with van der Waals surface area (Å²) < 4.78 is 37.8. The molecule has 3 rings (SSSR count). The first-order valence-corrected chi connectivity index (χ1v) is 9.13. The second-order valence-corrected chi connectivity index (χ2v) is 6.84. The van der Waals surface area contributed by atoms with Gasteiger partial charge in [-0.05, 0) is 48.9 Å². The average molecular weight is 428 g/mol. The Balaban J connectivity index is 0.00000300. The predicted octanol–water partition coefficient (Wildman–Crippen LogP) is 3.40. The molecular weight excluding hydrogens is 404 g/mol. The van der Waals surface area contributed by atoms with E-state index >= 15 is 0 Å². The number of halogens is 3. The molecule has 2 aromatic carbocycles. The normalized spacial score (nSPS) is 18.0. The summed E-state index contributed by atoms with van der Waals surface area (Å²) in [6.07, 6.45) is -1.10. The largest absolute Gasteiger partial charge is 0.491 e. The van der Waals surface area contributed by atoms with Crippen LogP contribution in [0.25, 0.3) is 0 Å². The number of ketones is 1. The van der Waals surface area contributed by atoms with Gasteiger partial charge in [-0.15, -0.1) is 12.4 Å². The van der Waals surface area contributed by atoms with E-state index in [4.69, 9.17) is 9.47 Å². The van der Waals surface area contributed by atoms with E-state index in [-0.39, 0.29) is 30.9 Å². The van der Waals surface area contributed by atoms with Crippen molar-refractivity contribution in [3.63, 3.8) is 0 Å². The van der Waals surface area contributed by atoms with Crippen molar-refractivity contribution in [2.45, 2.75) is 19.1 Å². The minimum atomic E-state index is -0.901. The summed E-state index contributed by atoms with van der Waals surface area (Å²) in [4.78, 5) is 13.3. The maximum atomic E-state index is 13.5. The smallest absolute Gasteiger partial charge is 0.159 e. The molecule has 0 saturated carbocycles. The molecule has 2 unspecified atom stereocenters. The van der Waals surface area contributed by atoms with E-state index in [0.717, 1.165) is 12.1 Å². The van der Waals surface area contributed by atoms with E-state index in [0.29, 0.717) is 43.1 Å². The predicted molar refractivity (Wildman–Crippen MR) is 107 cm³/mol. The van der Waals surface area contributed by atoms with Crippen LogP contribution in [0.5, 0.6) is 5.75 Å². The van der Waals surface area contributed by atoms with Crippen molar-refractivity contribution in [3.8, 4) is 5.75 Å². The summed E-state index contributed by atoms with van der Waals surface area (Å²) in [6.45, 7) is 3.50. The van der Waals surface area contributed by atoms with Crippen LogP contribution in [0.4, 0.5) is 8.78 Å². The maximum absolute atomic E-state index is 13.5. The number of Topliss-reactive ketones (excluding diaryl/α,β-unsaturated/α-hetero) is 1. The van der Waals surface area contributed by atoms with Crippen molar-refractivity contribution >= 4 is 18.2 Å². The van der Waals surface area contributed by atoms with Crippen LogP contribution in [-0.2, 0) is 4.74 Å². The summed E-state index contributed by atoms with van der Waals surface area (Å²) in [7, 11) is 0. The Morgan fingerprint density at radius 2 is 1.97 bits per heavy atom. The highest BCUT2D eigenvalue weighted by Crippen LogP contribution is 2.24. The Morgan fingerprint density at radius 3 is 2.62 bits per heavy atom. The van der Waals surface area contributed by atoms with Crippen LogP contribution in [0.1, 0.15) is 28.9 Å². The first-order valence-electron chi connectivity index (χ1n) is 9.13. The fourth-order valence-corrected chi connectivity index (χ4v) is 3.11. The zero-order valence-electron chi connectivity index (χ0n) is 16.0. The molecule has 0 spiro atoms. The number of aliphatic hydroxyl groups is 1. The first-order chi connectivity index (χ1) is 13.4. The molecule has 1 aliphatic heterocycles. The lowest BCUT2D eigenvalue weighted by Crippen LogP contribution is -2.43. The van der Waals surface area contributed by atoms with E-state index in [1.54, 1.807) is 24.3 Å². The molecule has 29 heavy (non-hydrogen) atoms. The average Bonchev–Trinajstić information content (AvgIpc) is 2.69. The summed E-state index contributed by atoms with van der Waals surface area (Å²) in [5, 5.41) is 10.3. The van der Waals surface area contributed by atoms with Crippen molar-refractivity contribution in [1.29, 1.82) is 0 Å². The zero-order valence-corrected chi connectivity index (χ0v) is 16.8. The number of hydrogen-bond acceptors (Lipinski definition) is 5. The minimum Gasteiger partial charge on any atom is -0.491 e. The minimum absolute atomic E-state index is 0. The Hall–Kier alpha value is -2.06. The lowest BCUT2D eigenvalue weighted by Gasteiger charge is -2.34. The molecule has 5 nitrogen and oxygen atoms in total. The highest BCUT2D eigenvalue weighted by Gasteiger charge is 2.24. The molecule has 8 heteroatoms. The second kappa shape index (κ2) is 10.6. The fraction of sp³-hybridized carbons (Fsp3) is 0.381. The summed E-state index contributed by atoms with van der Waals surface area (Å²) in [5.74, 6) is -1.23. The molecule has 1 heterocycles. The Bertz CT molecular complexity index is 819. The number of hydrogen-bond donors (Lipinski definition) is 1. The first kappa shape index (κ1) is 23.2.